The first kappa shape index (κ1) is 13.5. The number of aromatic amines is 1. The van der Waals surface area contributed by atoms with Gasteiger partial charge >= 0.3 is 0 Å². The van der Waals surface area contributed by atoms with E-state index in [2.05, 4.69) is 52.5 Å². The number of pyridine rings is 1. The van der Waals surface area contributed by atoms with E-state index < -0.39 is 0 Å². The minimum Gasteiger partial charge on any atom is -0.371 e. The summed E-state index contributed by atoms with van der Waals surface area (Å²) in [5.41, 5.74) is 4.46. The summed E-state index contributed by atoms with van der Waals surface area (Å²) >= 11 is 0. The second kappa shape index (κ2) is 5.55. The van der Waals surface area contributed by atoms with Gasteiger partial charge in [0.2, 0.25) is 0 Å². The van der Waals surface area contributed by atoms with Gasteiger partial charge in [0.1, 0.15) is 5.65 Å². The predicted octanol–water partition coefficient (Wildman–Crippen LogP) is 3.28. The quantitative estimate of drug-likeness (QED) is 0.762. The van der Waals surface area contributed by atoms with Gasteiger partial charge < -0.3 is 15.0 Å². The predicted molar refractivity (Wildman–Crippen MR) is 87.7 cm³/mol. The van der Waals surface area contributed by atoms with Crippen LogP contribution in [0.4, 0.5) is 0 Å². The van der Waals surface area contributed by atoms with Crippen LogP contribution in [0.2, 0.25) is 0 Å². The Hall–Kier alpha value is -2.17. The lowest BCUT2D eigenvalue weighted by Crippen LogP contribution is -2.41. The SMILES string of the molecule is CC1NCCOC1c1ccc(-c2cnc3[nH]ccc3c2)cc1. The summed E-state index contributed by atoms with van der Waals surface area (Å²) in [7, 11) is 0. The minimum atomic E-state index is 0.132. The highest BCUT2D eigenvalue weighted by molar-refractivity contribution is 5.81. The van der Waals surface area contributed by atoms with Crippen molar-refractivity contribution in [3.8, 4) is 11.1 Å². The van der Waals surface area contributed by atoms with Crippen LogP contribution in [-0.4, -0.2) is 29.2 Å². The molecule has 0 saturated carbocycles. The molecule has 112 valence electrons. The summed E-state index contributed by atoms with van der Waals surface area (Å²) in [6.45, 7) is 3.87. The van der Waals surface area contributed by atoms with Gasteiger partial charge in [0.15, 0.2) is 0 Å². The van der Waals surface area contributed by atoms with E-state index in [1.807, 2.05) is 18.5 Å². The minimum absolute atomic E-state index is 0.132. The molecule has 2 unspecified atom stereocenters. The van der Waals surface area contributed by atoms with Crippen LogP contribution in [0.3, 0.4) is 0 Å². The maximum Gasteiger partial charge on any atom is 0.137 e. The molecule has 22 heavy (non-hydrogen) atoms. The molecular weight excluding hydrogens is 274 g/mol. The van der Waals surface area contributed by atoms with E-state index in [-0.39, 0.29) is 6.10 Å². The second-order valence-corrected chi connectivity index (χ2v) is 5.80. The zero-order chi connectivity index (χ0) is 14.9. The number of rotatable bonds is 2. The van der Waals surface area contributed by atoms with E-state index in [0.29, 0.717) is 6.04 Å². The van der Waals surface area contributed by atoms with Crippen LogP contribution in [-0.2, 0) is 4.74 Å². The fraction of sp³-hybridized carbons (Fsp3) is 0.278. The molecular formula is C18H19N3O. The molecule has 0 aliphatic carbocycles. The third kappa shape index (κ3) is 2.40. The lowest BCUT2D eigenvalue weighted by molar-refractivity contribution is -0.000215. The highest BCUT2D eigenvalue weighted by atomic mass is 16.5. The Morgan fingerprint density at radius 1 is 1.14 bits per heavy atom. The van der Waals surface area contributed by atoms with Crippen molar-refractivity contribution in [1.29, 1.82) is 0 Å². The van der Waals surface area contributed by atoms with E-state index in [4.69, 9.17) is 4.74 Å². The van der Waals surface area contributed by atoms with E-state index in [9.17, 15) is 0 Å². The van der Waals surface area contributed by atoms with E-state index in [0.717, 1.165) is 29.7 Å². The van der Waals surface area contributed by atoms with Gasteiger partial charge in [-0.25, -0.2) is 4.98 Å². The van der Waals surface area contributed by atoms with Crippen LogP contribution in [0.25, 0.3) is 22.2 Å². The summed E-state index contributed by atoms with van der Waals surface area (Å²) in [5.74, 6) is 0. The monoisotopic (exact) mass is 293 g/mol. The maximum absolute atomic E-state index is 5.89. The Labute approximate surface area is 129 Å². The molecule has 4 heteroatoms. The number of ether oxygens (including phenoxy) is 1. The topological polar surface area (TPSA) is 49.9 Å². The summed E-state index contributed by atoms with van der Waals surface area (Å²) < 4.78 is 5.89. The molecule has 3 aromatic rings. The van der Waals surface area contributed by atoms with Gasteiger partial charge in [-0.3, -0.25) is 0 Å². The first-order valence-electron chi connectivity index (χ1n) is 7.70. The van der Waals surface area contributed by atoms with Crippen molar-refractivity contribution in [2.45, 2.75) is 19.1 Å². The molecule has 4 nitrogen and oxygen atoms in total. The molecule has 1 aliphatic rings. The van der Waals surface area contributed by atoms with Gasteiger partial charge in [-0.15, -0.1) is 0 Å². The van der Waals surface area contributed by atoms with Crippen LogP contribution in [0.1, 0.15) is 18.6 Å². The lowest BCUT2D eigenvalue weighted by Gasteiger charge is -2.30. The van der Waals surface area contributed by atoms with Gasteiger partial charge in [0, 0.05) is 35.9 Å². The van der Waals surface area contributed by atoms with Crippen LogP contribution in [0.5, 0.6) is 0 Å². The average molecular weight is 293 g/mol. The molecule has 1 aliphatic heterocycles. The van der Waals surface area contributed by atoms with Crippen molar-refractivity contribution in [3.05, 3.63) is 54.4 Å². The molecule has 2 N–H and O–H groups in total. The third-order valence-corrected chi connectivity index (χ3v) is 4.29. The summed E-state index contributed by atoms with van der Waals surface area (Å²) in [5, 5.41) is 4.59. The van der Waals surface area contributed by atoms with E-state index >= 15 is 0 Å². The summed E-state index contributed by atoms with van der Waals surface area (Å²) in [6.07, 6.45) is 3.96. The Bertz CT molecular complexity index is 778. The molecule has 4 rings (SSSR count). The number of nitrogens with zero attached hydrogens (tertiary/aromatic N) is 1. The standard InChI is InChI=1S/C18H19N3O/c1-12-17(22-9-8-19-12)14-4-2-13(3-5-14)16-10-15-6-7-20-18(15)21-11-16/h2-7,10-12,17,19H,8-9H2,1H3,(H,20,21). The van der Waals surface area contributed by atoms with Crippen LogP contribution in [0.15, 0.2) is 48.8 Å². The Balaban J connectivity index is 1.63. The van der Waals surface area contributed by atoms with Crippen molar-refractivity contribution in [3.63, 3.8) is 0 Å². The van der Waals surface area contributed by atoms with Crippen LogP contribution in [0, 0.1) is 0 Å². The van der Waals surface area contributed by atoms with Gasteiger partial charge in [-0.2, -0.15) is 0 Å². The Morgan fingerprint density at radius 2 is 2.00 bits per heavy atom. The van der Waals surface area contributed by atoms with Gasteiger partial charge in [-0.1, -0.05) is 24.3 Å². The molecule has 1 saturated heterocycles. The first-order valence-corrected chi connectivity index (χ1v) is 7.70. The van der Waals surface area contributed by atoms with Gasteiger partial charge in [0.05, 0.1) is 12.7 Å². The molecule has 2 atom stereocenters. The molecule has 1 aromatic carbocycles. The number of fused-ring (bicyclic) bond motifs is 1. The Kier molecular flexibility index (Phi) is 3.41. The normalized spacial score (nSPS) is 22.0. The number of hydrogen-bond donors (Lipinski definition) is 2. The number of benzene rings is 1. The van der Waals surface area contributed by atoms with Gasteiger partial charge in [0.25, 0.3) is 0 Å². The van der Waals surface area contributed by atoms with E-state index in [1.165, 1.54) is 11.1 Å². The fourth-order valence-corrected chi connectivity index (χ4v) is 3.07. The maximum atomic E-state index is 5.89. The molecule has 0 radical (unpaired) electrons. The number of morpholine rings is 1. The molecule has 0 amide bonds. The molecule has 0 spiro atoms. The highest BCUT2D eigenvalue weighted by Crippen LogP contribution is 2.27. The number of aromatic nitrogens is 2. The van der Waals surface area contributed by atoms with Crippen molar-refractivity contribution >= 4 is 11.0 Å². The molecule has 0 bridgehead atoms. The smallest absolute Gasteiger partial charge is 0.137 e. The second-order valence-electron chi connectivity index (χ2n) is 5.80. The fourth-order valence-electron chi connectivity index (χ4n) is 3.07. The lowest BCUT2D eigenvalue weighted by atomic mass is 9.98. The van der Waals surface area contributed by atoms with Crippen molar-refractivity contribution in [1.82, 2.24) is 15.3 Å². The third-order valence-electron chi connectivity index (χ3n) is 4.29. The number of H-pyrrole nitrogens is 1. The van der Waals surface area contributed by atoms with Crippen molar-refractivity contribution < 1.29 is 4.74 Å². The molecule has 2 aromatic heterocycles. The van der Waals surface area contributed by atoms with Crippen LogP contribution >= 0.6 is 0 Å². The highest BCUT2D eigenvalue weighted by Gasteiger charge is 2.23. The van der Waals surface area contributed by atoms with Gasteiger partial charge in [-0.05, 0) is 30.2 Å². The van der Waals surface area contributed by atoms with E-state index in [1.54, 1.807) is 0 Å². The number of hydrogen-bond acceptors (Lipinski definition) is 3. The summed E-state index contributed by atoms with van der Waals surface area (Å²) in [4.78, 5) is 7.57. The first-order chi connectivity index (χ1) is 10.8. The molecule has 1 fully saturated rings. The zero-order valence-corrected chi connectivity index (χ0v) is 12.5. The van der Waals surface area contributed by atoms with Crippen molar-refractivity contribution in [2.24, 2.45) is 0 Å². The zero-order valence-electron chi connectivity index (χ0n) is 12.5. The van der Waals surface area contributed by atoms with Crippen molar-refractivity contribution in [2.75, 3.05) is 13.2 Å². The number of nitrogens with one attached hydrogen (secondary N) is 2. The summed E-state index contributed by atoms with van der Waals surface area (Å²) in [6, 6.07) is 13.2. The average Bonchev–Trinajstić information content (AvgIpc) is 3.03. The largest absolute Gasteiger partial charge is 0.371 e. The molecule has 3 heterocycles. The van der Waals surface area contributed by atoms with Crippen LogP contribution < -0.4 is 5.32 Å². The Morgan fingerprint density at radius 3 is 2.82 bits per heavy atom.